The second-order valence-corrected chi connectivity index (χ2v) is 6.35. The van der Waals surface area contributed by atoms with Crippen LogP contribution in [0, 0.1) is 3.57 Å². The smallest absolute Gasteiger partial charge is 0.211 e. The topological polar surface area (TPSA) is 58.9 Å². The zero-order valence-corrected chi connectivity index (χ0v) is 13.5. The van der Waals surface area contributed by atoms with Crippen molar-refractivity contribution in [1.82, 2.24) is 0 Å². The Morgan fingerprint density at radius 2 is 1.53 bits per heavy atom. The van der Waals surface area contributed by atoms with Crippen LogP contribution in [-0.4, -0.2) is 12.2 Å². The maximum atomic E-state index is 10.6. The average Bonchev–Trinajstić information content (AvgIpc) is 2.28. The molecule has 1 aromatic carbocycles. The molecule has 100 valence electrons. The minimum atomic E-state index is -0.718. The molecule has 1 rings (SSSR count). The van der Waals surface area contributed by atoms with Gasteiger partial charge in [-0.2, -0.15) is 9.98 Å². The summed E-state index contributed by atoms with van der Waals surface area (Å²) in [5.74, 6) is 0. The van der Waals surface area contributed by atoms with Gasteiger partial charge in [0.25, 0.3) is 0 Å². The lowest BCUT2D eigenvalue weighted by Gasteiger charge is -2.29. The van der Waals surface area contributed by atoms with Gasteiger partial charge in [-0.3, -0.25) is 0 Å². The molecule has 0 radical (unpaired) electrons. The van der Waals surface area contributed by atoms with E-state index in [2.05, 4.69) is 32.6 Å². The molecule has 1 aromatic rings. The Hall–Kier alpha value is -1.29. The van der Waals surface area contributed by atoms with Crippen molar-refractivity contribution >= 4 is 34.8 Å². The first kappa shape index (κ1) is 15.8. The van der Waals surface area contributed by atoms with Crippen LogP contribution in [0.15, 0.2) is 28.2 Å². The van der Waals surface area contributed by atoms with Gasteiger partial charge in [-0.15, -0.1) is 0 Å². The number of aliphatic imine (C=N–C) groups is 2. The summed E-state index contributed by atoms with van der Waals surface area (Å²) in [7, 11) is 0. The summed E-state index contributed by atoms with van der Waals surface area (Å²) in [5.41, 5.74) is 0.299. The Labute approximate surface area is 126 Å². The van der Waals surface area contributed by atoms with Gasteiger partial charge in [-0.1, -0.05) is 12.1 Å². The molecule has 0 aromatic heterocycles. The summed E-state index contributed by atoms with van der Waals surface area (Å²) in [6.45, 7) is 7.32. The SMILES string of the molecule is CC(C)(N=C=O)c1cccc(I)c1C(C)(C)N=C=O. The predicted molar refractivity (Wildman–Crippen MR) is 81.5 cm³/mol. The molecule has 0 heterocycles. The molecule has 0 aliphatic heterocycles. The molecule has 0 amide bonds. The van der Waals surface area contributed by atoms with Crippen LogP contribution in [0.1, 0.15) is 38.8 Å². The second kappa shape index (κ2) is 5.78. The Morgan fingerprint density at radius 1 is 1.00 bits per heavy atom. The van der Waals surface area contributed by atoms with Crippen molar-refractivity contribution < 1.29 is 9.59 Å². The lowest BCUT2D eigenvalue weighted by atomic mass is 9.82. The van der Waals surface area contributed by atoms with Gasteiger partial charge in [0.2, 0.25) is 12.2 Å². The van der Waals surface area contributed by atoms with Crippen LogP contribution in [0.2, 0.25) is 0 Å². The van der Waals surface area contributed by atoms with Crippen LogP contribution in [0.4, 0.5) is 0 Å². The van der Waals surface area contributed by atoms with Crippen molar-refractivity contribution in [2.45, 2.75) is 38.8 Å². The first-order valence-electron chi connectivity index (χ1n) is 5.74. The molecular formula is C14H15IN2O2. The van der Waals surface area contributed by atoms with Crippen molar-refractivity contribution in [3.63, 3.8) is 0 Å². The molecule has 0 aliphatic carbocycles. The van der Waals surface area contributed by atoms with Gasteiger partial charge in [0, 0.05) is 3.57 Å². The van der Waals surface area contributed by atoms with Gasteiger partial charge in [0.15, 0.2) is 0 Å². The van der Waals surface area contributed by atoms with E-state index in [1.807, 2.05) is 45.9 Å². The predicted octanol–water partition coefficient (Wildman–Crippen LogP) is 3.43. The zero-order valence-electron chi connectivity index (χ0n) is 11.3. The minimum Gasteiger partial charge on any atom is -0.211 e. The highest BCUT2D eigenvalue weighted by molar-refractivity contribution is 14.1. The van der Waals surface area contributed by atoms with Crippen molar-refractivity contribution in [3.05, 3.63) is 32.9 Å². The number of benzene rings is 1. The fraction of sp³-hybridized carbons (Fsp3) is 0.429. The average molecular weight is 370 g/mol. The van der Waals surface area contributed by atoms with E-state index in [1.54, 1.807) is 12.2 Å². The van der Waals surface area contributed by atoms with Crippen LogP contribution < -0.4 is 0 Å². The third kappa shape index (κ3) is 3.38. The summed E-state index contributed by atoms with van der Waals surface area (Å²) in [6, 6.07) is 5.71. The Bertz CT molecular complexity index is 581. The number of rotatable bonds is 4. The number of isocyanates is 2. The molecule has 0 atom stereocenters. The number of nitrogens with zero attached hydrogens (tertiary/aromatic N) is 2. The number of hydrogen-bond acceptors (Lipinski definition) is 4. The maximum absolute atomic E-state index is 10.6. The lowest BCUT2D eigenvalue weighted by Crippen LogP contribution is -2.25. The molecule has 0 fully saturated rings. The number of hydrogen-bond donors (Lipinski definition) is 0. The quantitative estimate of drug-likeness (QED) is 0.463. The van der Waals surface area contributed by atoms with E-state index >= 15 is 0 Å². The van der Waals surface area contributed by atoms with Gasteiger partial charge in [-0.05, 0) is 67.5 Å². The highest BCUT2D eigenvalue weighted by atomic mass is 127. The molecule has 4 nitrogen and oxygen atoms in total. The lowest BCUT2D eigenvalue weighted by molar-refractivity contribution is 0.483. The molecule has 0 aliphatic rings. The monoisotopic (exact) mass is 370 g/mol. The number of halogens is 1. The normalized spacial score (nSPS) is 11.4. The van der Waals surface area contributed by atoms with E-state index in [0.29, 0.717) is 0 Å². The number of carbonyl (C=O) groups excluding carboxylic acids is 2. The third-order valence-corrected chi connectivity index (χ3v) is 3.83. The van der Waals surface area contributed by atoms with Gasteiger partial charge in [0.1, 0.15) is 0 Å². The van der Waals surface area contributed by atoms with Crippen molar-refractivity contribution in [2.75, 3.05) is 0 Å². The highest BCUT2D eigenvalue weighted by Gasteiger charge is 2.32. The van der Waals surface area contributed by atoms with Gasteiger partial charge in [-0.25, -0.2) is 9.59 Å². The molecule has 0 spiro atoms. The van der Waals surface area contributed by atoms with E-state index in [4.69, 9.17) is 0 Å². The molecule has 0 unspecified atom stereocenters. The molecular weight excluding hydrogens is 355 g/mol. The van der Waals surface area contributed by atoms with Crippen LogP contribution in [0.5, 0.6) is 0 Å². The fourth-order valence-electron chi connectivity index (χ4n) is 2.00. The molecule has 0 saturated heterocycles. The van der Waals surface area contributed by atoms with Crippen LogP contribution >= 0.6 is 22.6 Å². The van der Waals surface area contributed by atoms with Gasteiger partial charge in [0.05, 0.1) is 11.1 Å². The molecule has 0 bridgehead atoms. The molecule has 0 saturated carbocycles. The molecule has 0 N–H and O–H groups in total. The van der Waals surface area contributed by atoms with Crippen molar-refractivity contribution in [2.24, 2.45) is 9.98 Å². The van der Waals surface area contributed by atoms with E-state index in [-0.39, 0.29) is 0 Å². The van der Waals surface area contributed by atoms with Crippen LogP contribution in [-0.2, 0) is 20.7 Å². The summed E-state index contributed by atoms with van der Waals surface area (Å²) in [5, 5.41) is 0. The highest BCUT2D eigenvalue weighted by Crippen LogP contribution is 2.38. The summed E-state index contributed by atoms with van der Waals surface area (Å²) < 4.78 is 0.966. The largest absolute Gasteiger partial charge is 0.235 e. The summed E-state index contributed by atoms with van der Waals surface area (Å²) >= 11 is 2.19. The Morgan fingerprint density at radius 3 is 2.05 bits per heavy atom. The third-order valence-electron chi connectivity index (χ3n) is 2.93. The van der Waals surface area contributed by atoms with E-state index in [9.17, 15) is 9.59 Å². The van der Waals surface area contributed by atoms with Crippen molar-refractivity contribution in [3.8, 4) is 0 Å². The van der Waals surface area contributed by atoms with E-state index in [1.165, 1.54) is 0 Å². The first-order valence-corrected chi connectivity index (χ1v) is 6.81. The Balaban J connectivity index is 3.65. The zero-order chi connectivity index (χ0) is 14.7. The minimum absolute atomic E-state index is 0.714. The van der Waals surface area contributed by atoms with Crippen LogP contribution in [0.3, 0.4) is 0 Å². The van der Waals surface area contributed by atoms with Gasteiger partial charge >= 0.3 is 0 Å². The fourth-order valence-corrected chi connectivity index (χ4v) is 3.16. The first-order chi connectivity index (χ1) is 8.76. The standard InChI is InChI=1S/C14H15IN2O2/c1-13(2,16-8-18)10-6-5-7-11(15)12(10)14(3,4)17-9-19/h5-7H,1-4H3. The summed E-state index contributed by atoms with van der Waals surface area (Å²) in [4.78, 5) is 28.9. The van der Waals surface area contributed by atoms with Crippen molar-refractivity contribution in [1.29, 1.82) is 0 Å². The second-order valence-electron chi connectivity index (χ2n) is 5.19. The van der Waals surface area contributed by atoms with Gasteiger partial charge < -0.3 is 0 Å². The Kier molecular flexibility index (Phi) is 4.80. The maximum Gasteiger partial charge on any atom is 0.235 e. The molecule has 19 heavy (non-hydrogen) atoms. The summed E-state index contributed by atoms with van der Waals surface area (Å²) in [6.07, 6.45) is 3.21. The molecule has 5 heteroatoms. The van der Waals surface area contributed by atoms with E-state index < -0.39 is 11.1 Å². The van der Waals surface area contributed by atoms with Crippen LogP contribution in [0.25, 0.3) is 0 Å². The van der Waals surface area contributed by atoms with E-state index in [0.717, 1.165) is 14.7 Å².